The smallest absolute Gasteiger partial charge is 0.258 e. The molecule has 0 saturated heterocycles. The monoisotopic (exact) mass is 399 g/mol. The molecule has 1 fully saturated rings. The largest absolute Gasteiger partial charge is 0.361 e. The molecule has 0 aliphatic heterocycles. The van der Waals surface area contributed by atoms with Crippen LogP contribution >= 0.6 is 0 Å². The van der Waals surface area contributed by atoms with E-state index in [0.717, 1.165) is 35.1 Å². The van der Waals surface area contributed by atoms with Crippen molar-refractivity contribution in [2.75, 3.05) is 0 Å². The van der Waals surface area contributed by atoms with Crippen LogP contribution < -0.4 is 5.32 Å². The molecule has 9 nitrogen and oxygen atoms in total. The van der Waals surface area contributed by atoms with E-state index < -0.39 is 0 Å². The van der Waals surface area contributed by atoms with Gasteiger partial charge in [0.1, 0.15) is 0 Å². The zero-order valence-corrected chi connectivity index (χ0v) is 15.9. The number of pyridine rings is 1. The highest BCUT2D eigenvalue weighted by molar-refractivity contribution is 5.98. The number of aromatic nitrogens is 6. The van der Waals surface area contributed by atoms with E-state index in [-0.39, 0.29) is 12.5 Å². The molecule has 0 atom stereocenters. The third-order valence-corrected chi connectivity index (χ3v) is 5.33. The van der Waals surface area contributed by atoms with Gasteiger partial charge in [0.25, 0.3) is 11.8 Å². The van der Waals surface area contributed by atoms with Crippen molar-refractivity contribution < 1.29 is 9.32 Å². The molecule has 0 bridgehead atoms. The van der Waals surface area contributed by atoms with E-state index in [9.17, 15) is 4.79 Å². The van der Waals surface area contributed by atoms with Crippen LogP contribution in [-0.4, -0.2) is 35.6 Å². The lowest BCUT2D eigenvalue weighted by atomic mass is 10.1. The summed E-state index contributed by atoms with van der Waals surface area (Å²) in [5.74, 6) is 2.17. The Morgan fingerprint density at radius 1 is 1.20 bits per heavy atom. The molecule has 1 aliphatic rings. The molecular weight excluding hydrogens is 382 g/mol. The molecule has 4 aromatic heterocycles. The number of hydrogen-bond donors (Lipinski definition) is 2. The number of carbonyl (C=O) groups excluding carboxylic acids is 1. The summed E-state index contributed by atoms with van der Waals surface area (Å²) in [6.07, 6.45) is 5.94. The van der Waals surface area contributed by atoms with Crippen molar-refractivity contribution in [3.8, 4) is 11.5 Å². The van der Waals surface area contributed by atoms with Gasteiger partial charge in [0, 0.05) is 40.3 Å². The lowest BCUT2D eigenvalue weighted by molar-refractivity contribution is 0.0950. The molecule has 1 aromatic carbocycles. The summed E-state index contributed by atoms with van der Waals surface area (Å²) in [4.78, 5) is 20.1. The summed E-state index contributed by atoms with van der Waals surface area (Å²) in [7, 11) is 0. The number of carbonyl (C=O) groups is 1. The number of benzene rings is 1. The first kappa shape index (κ1) is 16.9. The molecular formula is C21H17N7O2. The van der Waals surface area contributed by atoms with Crippen LogP contribution in [0.2, 0.25) is 0 Å². The van der Waals surface area contributed by atoms with Crippen molar-refractivity contribution >= 4 is 22.5 Å². The normalized spacial score (nSPS) is 13.9. The van der Waals surface area contributed by atoms with Crippen molar-refractivity contribution in [2.24, 2.45) is 0 Å². The van der Waals surface area contributed by atoms with Crippen molar-refractivity contribution in [3.63, 3.8) is 0 Å². The summed E-state index contributed by atoms with van der Waals surface area (Å²) in [5, 5.41) is 16.4. The minimum absolute atomic E-state index is 0.162. The SMILES string of the molecule is O=C(NCc1nnc2cc(-c3nc(C4CC4)no3)ccn12)c1ccc2[nH]ccc2c1. The molecule has 4 heterocycles. The van der Waals surface area contributed by atoms with E-state index in [1.54, 1.807) is 6.07 Å². The first-order chi connectivity index (χ1) is 14.7. The highest BCUT2D eigenvalue weighted by atomic mass is 16.5. The molecule has 0 unspecified atom stereocenters. The molecule has 148 valence electrons. The highest BCUT2D eigenvalue weighted by Crippen LogP contribution is 2.38. The number of H-pyrrole nitrogens is 1. The second kappa shape index (κ2) is 6.51. The maximum Gasteiger partial charge on any atom is 0.258 e. The summed E-state index contributed by atoms with van der Waals surface area (Å²) < 4.78 is 7.21. The van der Waals surface area contributed by atoms with E-state index in [0.29, 0.717) is 28.8 Å². The summed E-state index contributed by atoms with van der Waals surface area (Å²) in [6.45, 7) is 0.261. The van der Waals surface area contributed by atoms with Crippen molar-refractivity contribution in [2.45, 2.75) is 25.3 Å². The van der Waals surface area contributed by atoms with Crippen molar-refractivity contribution in [1.82, 2.24) is 35.0 Å². The van der Waals surface area contributed by atoms with Gasteiger partial charge in [-0.05, 0) is 49.2 Å². The summed E-state index contributed by atoms with van der Waals surface area (Å²) in [6, 6.07) is 11.2. The van der Waals surface area contributed by atoms with Gasteiger partial charge in [-0.15, -0.1) is 10.2 Å². The zero-order chi connectivity index (χ0) is 20.1. The molecule has 5 aromatic rings. The molecule has 1 aliphatic carbocycles. The van der Waals surface area contributed by atoms with E-state index in [1.165, 1.54) is 0 Å². The van der Waals surface area contributed by atoms with Gasteiger partial charge in [-0.3, -0.25) is 9.20 Å². The first-order valence-corrected chi connectivity index (χ1v) is 9.77. The standard InChI is InChI=1S/C21H17N7O2/c29-20(14-3-4-16-13(9-14)5-7-22-16)23-11-18-26-25-17-10-15(6-8-28(17)18)21-24-19(27-30-21)12-1-2-12/h3-10,12,22H,1-2,11H2,(H,23,29). The van der Waals surface area contributed by atoms with Crippen molar-refractivity contribution in [3.05, 3.63) is 66.0 Å². The molecule has 0 spiro atoms. The van der Waals surface area contributed by atoms with Gasteiger partial charge >= 0.3 is 0 Å². The Balaban J connectivity index is 1.20. The Morgan fingerprint density at radius 3 is 3.03 bits per heavy atom. The predicted molar refractivity (Wildman–Crippen MR) is 108 cm³/mol. The Kier molecular flexibility index (Phi) is 3.67. The number of amides is 1. The maximum atomic E-state index is 12.5. The van der Waals surface area contributed by atoms with Gasteiger partial charge in [0.15, 0.2) is 17.3 Å². The Bertz CT molecular complexity index is 1390. The fourth-order valence-corrected chi connectivity index (χ4v) is 3.51. The van der Waals surface area contributed by atoms with Crippen LogP contribution in [0, 0.1) is 0 Å². The average molecular weight is 399 g/mol. The van der Waals surface area contributed by atoms with E-state index in [2.05, 4.69) is 30.6 Å². The molecule has 2 N–H and O–H groups in total. The zero-order valence-electron chi connectivity index (χ0n) is 15.9. The quantitative estimate of drug-likeness (QED) is 0.469. The minimum atomic E-state index is -0.162. The number of fused-ring (bicyclic) bond motifs is 2. The van der Waals surface area contributed by atoms with Crippen LogP contribution in [0.1, 0.15) is 40.8 Å². The van der Waals surface area contributed by atoms with Crippen LogP contribution in [0.4, 0.5) is 0 Å². The molecule has 0 radical (unpaired) electrons. The van der Waals surface area contributed by atoms with E-state index >= 15 is 0 Å². The molecule has 30 heavy (non-hydrogen) atoms. The Hall–Kier alpha value is -4.01. The van der Waals surface area contributed by atoms with E-state index in [1.807, 2.05) is 47.1 Å². The fourth-order valence-electron chi connectivity index (χ4n) is 3.51. The van der Waals surface area contributed by atoms with Crippen LogP contribution in [0.25, 0.3) is 28.0 Å². The molecule has 1 saturated carbocycles. The topological polar surface area (TPSA) is 114 Å². The van der Waals surface area contributed by atoms with Crippen LogP contribution in [0.15, 0.2) is 53.3 Å². The number of nitrogens with one attached hydrogen (secondary N) is 2. The summed E-state index contributed by atoms with van der Waals surface area (Å²) in [5.41, 5.74) is 3.04. The Labute approximate surface area is 170 Å². The third kappa shape index (κ3) is 2.91. The van der Waals surface area contributed by atoms with Gasteiger partial charge in [-0.25, -0.2) is 0 Å². The third-order valence-electron chi connectivity index (χ3n) is 5.33. The molecule has 6 rings (SSSR count). The first-order valence-electron chi connectivity index (χ1n) is 9.77. The van der Waals surface area contributed by atoms with Crippen molar-refractivity contribution in [1.29, 1.82) is 0 Å². The summed E-state index contributed by atoms with van der Waals surface area (Å²) >= 11 is 0. The number of rotatable bonds is 5. The van der Waals surface area contributed by atoms with Crippen LogP contribution in [-0.2, 0) is 6.54 Å². The van der Waals surface area contributed by atoms with Gasteiger partial charge in [0.2, 0.25) is 0 Å². The van der Waals surface area contributed by atoms with E-state index in [4.69, 9.17) is 4.52 Å². The average Bonchev–Trinajstić information content (AvgIpc) is 3.18. The lowest BCUT2D eigenvalue weighted by Gasteiger charge is -2.05. The van der Waals surface area contributed by atoms with Gasteiger partial charge < -0.3 is 14.8 Å². The fraction of sp³-hybridized carbons (Fsp3) is 0.190. The Morgan fingerprint density at radius 2 is 2.13 bits per heavy atom. The van der Waals surface area contributed by atoms with Gasteiger partial charge in [-0.1, -0.05) is 5.16 Å². The minimum Gasteiger partial charge on any atom is -0.361 e. The van der Waals surface area contributed by atoms with Gasteiger partial charge in [0.05, 0.1) is 6.54 Å². The highest BCUT2D eigenvalue weighted by Gasteiger charge is 2.29. The number of nitrogens with zero attached hydrogens (tertiary/aromatic N) is 5. The second-order valence-corrected chi connectivity index (χ2v) is 7.45. The van der Waals surface area contributed by atoms with Crippen LogP contribution in [0.5, 0.6) is 0 Å². The maximum absolute atomic E-state index is 12.5. The van der Waals surface area contributed by atoms with Crippen LogP contribution in [0.3, 0.4) is 0 Å². The number of hydrogen-bond acceptors (Lipinski definition) is 6. The predicted octanol–water partition coefficient (Wildman–Crippen LogP) is 3.07. The van der Waals surface area contributed by atoms with Gasteiger partial charge in [-0.2, -0.15) is 4.98 Å². The lowest BCUT2D eigenvalue weighted by Crippen LogP contribution is -2.23. The number of aromatic amines is 1. The molecule has 1 amide bonds. The molecule has 9 heteroatoms. The second-order valence-electron chi connectivity index (χ2n) is 7.45.